The van der Waals surface area contributed by atoms with Crippen LogP contribution in [0.3, 0.4) is 0 Å². The van der Waals surface area contributed by atoms with Crippen molar-refractivity contribution in [2.24, 2.45) is 5.92 Å². The largest absolute Gasteiger partial charge is 0.508 e. The van der Waals surface area contributed by atoms with Crippen molar-refractivity contribution < 1.29 is 82.7 Å². The van der Waals surface area contributed by atoms with Crippen LogP contribution in [0.5, 0.6) is 5.75 Å². The van der Waals surface area contributed by atoms with Crippen molar-refractivity contribution in [2.75, 3.05) is 7.11 Å². The molecule has 3 aliphatic carbocycles. The number of hydrogen-bond donors (Lipinski definition) is 5. The van der Waals surface area contributed by atoms with Gasteiger partial charge in [-0.2, -0.15) is 0 Å². The molecular weight excluding hydrogens is 800 g/mol. The zero-order valence-corrected chi connectivity index (χ0v) is 35.7. The second-order valence-corrected chi connectivity index (χ2v) is 17.1. The van der Waals surface area contributed by atoms with Gasteiger partial charge in [0.25, 0.3) is 0 Å². The Labute approximate surface area is 352 Å². The average Bonchev–Trinajstić information content (AvgIpc) is 3.17. The first-order valence-electron chi connectivity index (χ1n) is 20.4. The lowest BCUT2D eigenvalue weighted by molar-refractivity contribution is -0.316. The van der Waals surface area contributed by atoms with E-state index in [0.29, 0.717) is 5.57 Å². The summed E-state index contributed by atoms with van der Waals surface area (Å²) in [5.41, 5.74) is -10.6. The number of allylic oxidation sites excluding steroid dienone is 3. The molecule has 2 fully saturated rings. The number of rotatable bonds is 11. The predicted molar refractivity (Wildman–Crippen MR) is 210 cm³/mol. The van der Waals surface area contributed by atoms with Crippen molar-refractivity contribution in [3.8, 4) is 5.75 Å². The highest BCUT2D eigenvalue weighted by atomic mass is 16.7. The molecule has 0 unspecified atom stereocenters. The zero-order valence-electron chi connectivity index (χ0n) is 35.7. The summed E-state index contributed by atoms with van der Waals surface area (Å²) in [5, 5.41) is 58.8. The molecule has 0 radical (unpaired) electrons. The van der Waals surface area contributed by atoms with Crippen molar-refractivity contribution in [3.63, 3.8) is 0 Å². The van der Waals surface area contributed by atoms with Crippen molar-refractivity contribution in [2.45, 2.75) is 154 Å². The van der Waals surface area contributed by atoms with Gasteiger partial charge in [0, 0.05) is 36.5 Å². The van der Waals surface area contributed by atoms with E-state index < -0.39 is 129 Å². The molecule has 6 rings (SSSR count). The lowest BCUT2D eigenvalue weighted by Gasteiger charge is -2.52. The number of fused-ring (bicyclic) bond motifs is 3. The maximum absolute atomic E-state index is 14.4. The van der Waals surface area contributed by atoms with Crippen molar-refractivity contribution in [1.29, 1.82) is 0 Å². The lowest BCUT2D eigenvalue weighted by atomic mass is 9.58. The summed E-state index contributed by atoms with van der Waals surface area (Å²) in [6.07, 6.45) is -4.07. The fourth-order valence-corrected chi connectivity index (χ4v) is 9.38. The summed E-state index contributed by atoms with van der Waals surface area (Å²) in [4.78, 5) is 80.7. The first-order chi connectivity index (χ1) is 28.4. The molecule has 1 aromatic rings. The minimum Gasteiger partial charge on any atom is -0.508 e. The fraction of sp³-hybridized carbons (Fsp3) is 0.591. The number of phenolic OH excluding ortho intramolecular Hbond substituents is 1. The molecule has 2 aliphatic heterocycles. The number of methoxy groups -OCH3 is 1. The molecule has 17 heteroatoms. The topological polar surface area (TPSA) is 259 Å². The number of hydrogen-bond acceptors (Lipinski definition) is 17. The highest BCUT2D eigenvalue weighted by Gasteiger charge is 2.71. The second-order valence-electron chi connectivity index (χ2n) is 17.1. The number of aliphatic hydroxyl groups excluding tert-OH is 1. The van der Waals surface area contributed by atoms with Gasteiger partial charge in [-0.25, -0.2) is 4.79 Å². The van der Waals surface area contributed by atoms with Crippen LogP contribution >= 0.6 is 0 Å². The van der Waals surface area contributed by atoms with Crippen LogP contribution in [0.2, 0.25) is 0 Å². The smallest absolute Gasteiger partial charge is 0.333 e. The molecule has 2 saturated heterocycles. The van der Waals surface area contributed by atoms with Gasteiger partial charge in [-0.3, -0.25) is 24.0 Å². The van der Waals surface area contributed by atoms with Crippen molar-refractivity contribution >= 4 is 34.9 Å². The van der Waals surface area contributed by atoms with Crippen LogP contribution in [0.25, 0.3) is 0 Å². The number of benzene rings is 1. The van der Waals surface area contributed by atoms with Gasteiger partial charge >= 0.3 is 5.97 Å². The van der Waals surface area contributed by atoms with Crippen LogP contribution in [-0.2, 0) is 49.2 Å². The number of carbonyl (C=O) groups excluding carboxylic acids is 6. The third-order valence-corrected chi connectivity index (χ3v) is 12.5. The van der Waals surface area contributed by atoms with Gasteiger partial charge in [0.2, 0.25) is 23.0 Å². The van der Waals surface area contributed by atoms with Gasteiger partial charge in [0.15, 0.2) is 42.1 Å². The molecular formula is C44H54O17. The summed E-state index contributed by atoms with van der Waals surface area (Å²) in [6, 6.07) is 0. The van der Waals surface area contributed by atoms with E-state index in [2.05, 4.69) is 6.92 Å². The molecule has 1 aromatic carbocycles. The zero-order chi connectivity index (χ0) is 45.3. The summed E-state index contributed by atoms with van der Waals surface area (Å²) < 4.78 is 35.2. The maximum Gasteiger partial charge on any atom is 0.333 e. The minimum atomic E-state index is -3.47. The number of phenols is 1. The van der Waals surface area contributed by atoms with Crippen molar-refractivity contribution in [1.82, 2.24) is 0 Å². The minimum absolute atomic E-state index is 0.0139. The summed E-state index contributed by atoms with van der Waals surface area (Å²) in [7, 11) is 1.15. The van der Waals surface area contributed by atoms with E-state index in [-0.39, 0.29) is 47.6 Å². The monoisotopic (exact) mass is 854 g/mol. The van der Waals surface area contributed by atoms with Crippen molar-refractivity contribution in [3.05, 3.63) is 62.6 Å². The van der Waals surface area contributed by atoms with E-state index in [0.717, 1.165) is 33.0 Å². The third-order valence-electron chi connectivity index (χ3n) is 12.5. The SMILES string of the molecule is CCC[C@@H](C)/C=C(/C)C(=O)O[C@H]1[C@H](C)O[C@@H](O[C@@H]2CC[C@@H](O[C@@H]3C(=O)C(C(C)=O)=C(O)[C@@]4(O)C(=O)c5c(O)c6c(c(C)c5C[C@@]34O)C(=O)C(OC)=CC6=O)O[C@@H]2C)C[C@@]1(C)O. The van der Waals surface area contributed by atoms with Crippen LogP contribution in [0.15, 0.2) is 34.8 Å². The number of ether oxygens (including phenoxy) is 6. The molecule has 5 aliphatic rings. The van der Waals surface area contributed by atoms with Gasteiger partial charge in [0.1, 0.15) is 28.3 Å². The number of esters is 1. The standard InChI is InChI=1S/C44H54O17/c1-10-11-18(2)14-19(3)41(52)61-39-23(7)58-29(17-42(39,8)53)59-26-12-13-28(57-22(26)6)60-40-36(49)31(21(5)45)37(50)44(55)38(51)32-24(16-43(40,44)54)20(4)30-33(35(32)48)25(46)15-27(56-9)34(30)47/h14-15,18,22-23,26,28-29,39-40,48,50,53-55H,10-13,16-17H2,1-9H3/b19-14-/t18-,22-,23+,26-,28-,29+,39+,40-,42-,43-,44-/m1/s1. The molecule has 0 aromatic heterocycles. The Morgan fingerprint density at radius 2 is 1.62 bits per heavy atom. The van der Waals surface area contributed by atoms with E-state index in [1.54, 1.807) is 20.8 Å². The molecule has 5 N–H and O–H groups in total. The Bertz CT molecular complexity index is 2160. The maximum atomic E-state index is 14.4. The third kappa shape index (κ3) is 7.57. The molecule has 332 valence electrons. The van der Waals surface area contributed by atoms with Crippen LogP contribution < -0.4 is 0 Å². The van der Waals surface area contributed by atoms with Gasteiger partial charge < -0.3 is 54.0 Å². The van der Waals surface area contributed by atoms with E-state index in [4.69, 9.17) is 28.4 Å². The normalized spacial score (nSPS) is 34.6. The van der Waals surface area contributed by atoms with Crippen LogP contribution in [0.4, 0.5) is 0 Å². The molecule has 2 heterocycles. The second kappa shape index (κ2) is 16.6. The quantitative estimate of drug-likeness (QED) is 0.122. The van der Waals surface area contributed by atoms with Gasteiger partial charge in [-0.05, 0) is 71.4 Å². The Kier molecular flexibility index (Phi) is 12.5. The van der Waals surface area contributed by atoms with E-state index in [1.807, 2.05) is 13.0 Å². The molecule has 0 spiro atoms. The Hall–Kier alpha value is -4.62. The lowest BCUT2D eigenvalue weighted by Crippen LogP contribution is -2.74. The molecule has 11 atom stereocenters. The average molecular weight is 855 g/mol. The summed E-state index contributed by atoms with van der Waals surface area (Å²) >= 11 is 0. The number of aliphatic hydroxyl groups is 4. The Balaban J connectivity index is 1.22. The molecule has 17 nitrogen and oxygen atoms in total. The van der Waals surface area contributed by atoms with Gasteiger partial charge in [0.05, 0.1) is 36.5 Å². The number of Topliss-reactive ketones (excluding diaryl/α,β-unsaturated/α-hetero) is 4. The van der Waals surface area contributed by atoms with Gasteiger partial charge in [-0.1, -0.05) is 26.3 Å². The van der Waals surface area contributed by atoms with Crippen LogP contribution in [0, 0.1) is 12.8 Å². The van der Waals surface area contributed by atoms with E-state index in [9.17, 15) is 54.3 Å². The first kappa shape index (κ1) is 45.9. The van der Waals surface area contributed by atoms with E-state index in [1.165, 1.54) is 13.8 Å². The van der Waals surface area contributed by atoms with Crippen LogP contribution in [-0.4, -0.2) is 127 Å². The summed E-state index contributed by atoms with van der Waals surface area (Å²) in [5.74, 6) is -8.89. The highest BCUT2D eigenvalue weighted by Crippen LogP contribution is 2.52. The molecule has 61 heavy (non-hydrogen) atoms. The van der Waals surface area contributed by atoms with E-state index >= 15 is 0 Å². The van der Waals surface area contributed by atoms with Gasteiger partial charge in [-0.15, -0.1) is 0 Å². The first-order valence-corrected chi connectivity index (χ1v) is 20.4. The molecule has 0 bridgehead atoms. The molecule has 0 amide bonds. The predicted octanol–water partition coefficient (Wildman–Crippen LogP) is 3.27. The van der Waals surface area contributed by atoms with Crippen LogP contribution in [0.1, 0.15) is 123 Å². The number of aromatic hydroxyl groups is 1. The highest BCUT2D eigenvalue weighted by molar-refractivity contribution is 6.29. The molecule has 0 saturated carbocycles. The Morgan fingerprint density at radius 3 is 2.21 bits per heavy atom. The fourth-order valence-electron chi connectivity index (χ4n) is 9.38. The summed E-state index contributed by atoms with van der Waals surface area (Å²) in [6.45, 7) is 12.7. The number of ketones is 5. The number of carbonyl (C=O) groups is 6. The Morgan fingerprint density at radius 1 is 0.967 bits per heavy atom.